The molecule has 1 heterocycles. The topological polar surface area (TPSA) is 90.0 Å². The molecule has 1 aliphatic heterocycles. The smallest absolute Gasteiger partial charge is 0.326 e. The summed E-state index contributed by atoms with van der Waals surface area (Å²) in [6.45, 7) is 0.819. The number of hydrogen-bond donors (Lipinski definition) is 0. The van der Waals surface area contributed by atoms with Crippen molar-refractivity contribution in [3.05, 3.63) is 64.7 Å². The average molecular weight is 381 g/mol. The normalized spacial score (nSPS) is 13.1. The molecule has 0 saturated carbocycles. The van der Waals surface area contributed by atoms with E-state index in [9.17, 15) is 19.2 Å². The molecule has 28 heavy (non-hydrogen) atoms. The molecule has 0 bridgehead atoms. The fraction of sp³-hybridized carbons (Fsp3) is 0.238. The number of imide groups is 1. The van der Waals surface area contributed by atoms with Gasteiger partial charge in [-0.25, -0.2) is 0 Å². The van der Waals surface area contributed by atoms with Gasteiger partial charge in [-0.05, 0) is 36.8 Å². The maximum absolute atomic E-state index is 12.5. The second-order valence-corrected chi connectivity index (χ2v) is 6.36. The van der Waals surface area contributed by atoms with Crippen molar-refractivity contribution in [2.45, 2.75) is 20.0 Å². The van der Waals surface area contributed by atoms with Crippen molar-refractivity contribution in [1.82, 2.24) is 4.90 Å². The fourth-order valence-corrected chi connectivity index (χ4v) is 3.00. The number of hydrogen-bond acceptors (Lipinski definition) is 6. The molecule has 144 valence electrons. The van der Waals surface area contributed by atoms with Gasteiger partial charge in [-0.15, -0.1) is 0 Å². The van der Waals surface area contributed by atoms with Crippen LogP contribution in [0.2, 0.25) is 0 Å². The number of methoxy groups -OCH3 is 1. The number of fused-ring (bicyclic) bond motifs is 1. The lowest BCUT2D eigenvalue weighted by Crippen LogP contribution is -2.45. The maximum atomic E-state index is 12.5. The number of benzene rings is 2. The Bertz CT molecular complexity index is 965. The second-order valence-electron chi connectivity index (χ2n) is 6.36. The quantitative estimate of drug-likeness (QED) is 0.433. The first-order valence-electron chi connectivity index (χ1n) is 8.66. The van der Waals surface area contributed by atoms with E-state index in [-0.39, 0.29) is 18.8 Å². The number of carbonyl (C=O) groups excluding carboxylic acids is 4. The Morgan fingerprint density at radius 1 is 1.11 bits per heavy atom. The summed E-state index contributed by atoms with van der Waals surface area (Å²) in [5, 5.41) is 0. The van der Waals surface area contributed by atoms with Crippen LogP contribution in [0.4, 0.5) is 0 Å². The molecule has 0 spiro atoms. The lowest BCUT2D eigenvalue weighted by atomic mass is 9.98. The molecule has 0 atom stereocenters. The predicted octanol–water partition coefficient (Wildman–Crippen LogP) is 2.17. The van der Waals surface area contributed by atoms with Gasteiger partial charge in [0.2, 0.25) is 5.91 Å². The summed E-state index contributed by atoms with van der Waals surface area (Å²) < 4.78 is 10.4. The first-order valence-corrected chi connectivity index (χ1v) is 8.66. The molecule has 7 nitrogen and oxygen atoms in total. The SMILES string of the molecule is COc1ccc(C(C)=O)cc1COC(=O)CN1C(=O)Cc2ccccc2C1=O. The van der Waals surface area contributed by atoms with Crippen LogP contribution in [0.1, 0.15) is 38.8 Å². The minimum atomic E-state index is -0.726. The van der Waals surface area contributed by atoms with Crippen LogP contribution < -0.4 is 4.74 Å². The van der Waals surface area contributed by atoms with Gasteiger partial charge >= 0.3 is 5.97 Å². The highest BCUT2D eigenvalue weighted by atomic mass is 16.5. The van der Waals surface area contributed by atoms with Crippen LogP contribution in [-0.4, -0.2) is 42.1 Å². The van der Waals surface area contributed by atoms with Crippen molar-refractivity contribution >= 4 is 23.6 Å². The summed E-state index contributed by atoms with van der Waals surface area (Å²) in [4.78, 5) is 49.4. The molecular weight excluding hydrogens is 362 g/mol. The standard InChI is InChI=1S/C21H19NO6/c1-13(23)14-7-8-18(27-2)16(9-14)12-28-20(25)11-22-19(24)10-15-5-3-4-6-17(15)21(22)26/h3-9H,10-12H2,1-2H3. The van der Waals surface area contributed by atoms with E-state index in [1.165, 1.54) is 14.0 Å². The molecule has 0 unspecified atom stereocenters. The predicted molar refractivity (Wildman–Crippen MR) is 99.0 cm³/mol. The Morgan fingerprint density at radius 3 is 2.57 bits per heavy atom. The van der Waals surface area contributed by atoms with Gasteiger partial charge in [-0.1, -0.05) is 18.2 Å². The van der Waals surface area contributed by atoms with E-state index in [1.807, 2.05) is 0 Å². The van der Waals surface area contributed by atoms with E-state index < -0.39 is 24.3 Å². The zero-order valence-corrected chi connectivity index (χ0v) is 15.6. The summed E-state index contributed by atoms with van der Waals surface area (Å²) in [6.07, 6.45) is 0.0592. The molecule has 3 rings (SSSR count). The molecule has 7 heteroatoms. The number of Topliss-reactive ketones (excluding diaryl/α,β-unsaturated/α-hetero) is 1. The Morgan fingerprint density at radius 2 is 1.86 bits per heavy atom. The molecule has 2 amide bonds. The highest BCUT2D eigenvalue weighted by molar-refractivity contribution is 6.11. The van der Waals surface area contributed by atoms with Crippen molar-refractivity contribution in [3.63, 3.8) is 0 Å². The van der Waals surface area contributed by atoms with Gasteiger partial charge in [0.05, 0.1) is 13.5 Å². The fourth-order valence-electron chi connectivity index (χ4n) is 3.00. The molecule has 2 aromatic carbocycles. The minimum absolute atomic E-state index is 0.0592. The third-order valence-corrected chi connectivity index (χ3v) is 4.50. The monoisotopic (exact) mass is 381 g/mol. The Labute approximate surface area is 161 Å². The number of amides is 2. The average Bonchev–Trinajstić information content (AvgIpc) is 2.69. The molecule has 0 fully saturated rings. The molecule has 2 aromatic rings. The summed E-state index contributed by atoms with van der Waals surface area (Å²) in [5.41, 5.74) is 2.04. The maximum Gasteiger partial charge on any atom is 0.326 e. The summed E-state index contributed by atoms with van der Waals surface area (Å²) in [6, 6.07) is 11.6. The van der Waals surface area contributed by atoms with Crippen LogP contribution in [-0.2, 0) is 27.4 Å². The van der Waals surface area contributed by atoms with Crippen LogP contribution in [0.3, 0.4) is 0 Å². The Kier molecular flexibility index (Phi) is 5.54. The molecule has 0 aromatic heterocycles. The highest BCUT2D eigenvalue weighted by Gasteiger charge is 2.32. The van der Waals surface area contributed by atoms with Gasteiger partial charge in [0, 0.05) is 16.7 Å². The largest absolute Gasteiger partial charge is 0.496 e. The lowest BCUT2D eigenvalue weighted by molar-refractivity contribution is -0.149. The Hall–Kier alpha value is -3.48. The molecule has 0 saturated heterocycles. The zero-order valence-electron chi connectivity index (χ0n) is 15.6. The molecule has 0 N–H and O–H groups in total. The van der Waals surface area contributed by atoms with Gasteiger partial charge < -0.3 is 9.47 Å². The van der Waals surface area contributed by atoms with Crippen LogP contribution >= 0.6 is 0 Å². The number of esters is 1. The lowest BCUT2D eigenvalue weighted by Gasteiger charge is -2.25. The summed E-state index contributed by atoms with van der Waals surface area (Å²) in [5.74, 6) is -1.34. The van der Waals surface area contributed by atoms with E-state index in [2.05, 4.69) is 0 Å². The van der Waals surface area contributed by atoms with Gasteiger partial charge in [0.1, 0.15) is 18.9 Å². The number of ketones is 1. The first-order chi connectivity index (χ1) is 13.4. The van der Waals surface area contributed by atoms with E-state index in [4.69, 9.17) is 9.47 Å². The van der Waals surface area contributed by atoms with E-state index in [0.717, 1.165) is 4.90 Å². The number of carbonyl (C=O) groups is 4. The van der Waals surface area contributed by atoms with Crippen molar-refractivity contribution in [1.29, 1.82) is 0 Å². The van der Waals surface area contributed by atoms with Gasteiger partial charge in [-0.2, -0.15) is 0 Å². The number of ether oxygens (including phenoxy) is 2. The molecule has 0 radical (unpaired) electrons. The first kappa shape index (κ1) is 19.3. The third kappa shape index (κ3) is 3.93. The van der Waals surface area contributed by atoms with Crippen molar-refractivity contribution in [3.8, 4) is 5.75 Å². The summed E-state index contributed by atoms with van der Waals surface area (Å²) >= 11 is 0. The highest BCUT2D eigenvalue weighted by Crippen LogP contribution is 2.22. The van der Waals surface area contributed by atoms with Crippen molar-refractivity contribution in [2.75, 3.05) is 13.7 Å². The van der Waals surface area contributed by atoms with Gasteiger partial charge in [0.25, 0.3) is 5.91 Å². The van der Waals surface area contributed by atoms with Crippen LogP contribution in [0, 0.1) is 0 Å². The second kappa shape index (κ2) is 8.04. The molecule has 0 aliphatic carbocycles. The number of nitrogens with zero attached hydrogens (tertiary/aromatic N) is 1. The van der Waals surface area contributed by atoms with E-state index in [0.29, 0.717) is 28.0 Å². The van der Waals surface area contributed by atoms with Gasteiger partial charge in [0.15, 0.2) is 5.78 Å². The van der Waals surface area contributed by atoms with Crippen molar-refractivity contribution < 1.29 is 28.7 Å². The van der Waals surface area contributed by atoms with E-state index in [1.54, 1.807) is 42.5 Å². The minimum Gasteiger partial charge on any atom is -0.496 e. The summed E-state index contributed by atoms with van der Waals surface area (Å²) in [7, 11) is 1.47. The molecule has 1 aliphatic rings. The van der Waals surface area contributed by atoms with E-state index >= 15 is 0 Å². The van der Waals surface area contributed by atoms with Gasteiger partial charge in [-0.3, -0.25) is 24.1 Å². The third-order valence-electron chi connectivity index (χ3n) is 4.50. The van der Waals surface area contributed by atoms with Crippen LogP contribution in [0.15, 0.2) is 42.5 Å². The Balaban J connectivity index is 1.68. The molecular formula is C21H19NO6. The van der Waals surface area contributed by atoms with Crippen LogP contribution in [0.25, 0.3) is 0 Å². The number of rotatable bonds is 6. The van der Waals surface area contributed by atoms with Crippen molar-refractivity contribution in [2.24, 2.45) is 0 Å². The van der Waals surface area contributed by atoms with Crippen LogP contribution in [0.5, 0.6) is 5.75 Å². The zero-order chi connectivity index (χ0) is 20.3.